The highest BCUT2D eigenvalue weighted by Gasteiger charge is 2.48. The zero-order chi connectivity index (χ0) is 19.1. The van der Waals surface area contributed by atoms with Crippen LogP contribution >= 0.6 is 0 Å². The number of hydrogen-bond donors (Lipinski definition) is 0. The second-order valence-electron chi connectivity index (χ2n) is 7.08. The first-order valence-corrected chi connectivity index (χ1v) is 9.32. The van der Waals surface area contributed by atoms with E-state index in [-0.39, 0.29) is 23.8 Å². The summed E-state index contributed by atoms with van der Waals surface area (Å²) in [4.78, 5) is 24.9. The van der Waals surface area contributed by atoms with E-state index >= 15 is 0 Å². The fourth-order valence-electron chi connectivity index (χ4n) is 3.54. The number of benzene rings is 3. The van der Waals surface area contributed by atoms with Gasteiger partial charge in [-0.1, -0.05) is 84.9 Å². The quantitative estimate of drug-likeness (QED) is 0.479. The lowest BCUT2D eigenvalue weighted by Gasteiger charge is -2.00. The van der Waals surface area contributed by atoms with Gasteiger partial charge in [-0.2, -0.15) is 0 Å². The molecule has 2 fully saturated rings. The van der Waals surface area contributed by atoms with Crippen LogP contribution in [0.25, 0.3) is 0 Å². The largest absolute Gasteiger partial charge is 0.356 e. The summed E-state index contributed by atoms with van der Waals surface area (Å²) >= 11 is 0. The first-order chi connectivity index (χ1) is 13.7. The van der Waals surface area contributed by atoms with Crippen LogP contribution in [0.2, 0.25) is 0 Å². The van der Waals surface area contributed by atoms with E-state index < -0.39 is 12.2 Å². The first-order valence-electron chi connectivity index (χ1n) is 9.32. The predicted molar refractivity (Wildman–Crippen MR) is 103 cm³/mol. The van der Waals surface area contributed by atoms with Gasteiger partial charge in [0, 0.05) is 11.1 Å². The summed E-state index contributed by atoms with van der Waals surface area (Å²) < 4.78 is 11.2. The molecule has 3 aromatic rings. The van der Waals surface area contributed by atoms with E-state index in [1.807, 2.05) is 60.7 Å². The van der Waals surface area contributed by atoms with Gasteiger partial charge in [0.15, 0.2) is 23.8 Å². The molecule has 0 spiro atoms. The molecule has 2 heterocycles. The van der Waals surface area contributed by atoms with Crippen LogP contribution in [0.1, 0.15) is 44.1 Å². The number of epoxide rings is 2. The molecule has 0 saturated carbocycles. The Hall–Kier alpha value is -3.08. The van der Waals surface area contributed by atoms with Crippen LogP contribution in [-0.2, 0) is 9.47 Å². The normalized spacial score (nSPS) is 25.1. The smallest absolute Gasteiger partial charge is 0.194 e. The lowest BCUT2D eigenvalue weighted by Crippen LogP contribution is -2.08. The van der Waals surface area contributed by atoms with Crippen molar-refractivity contribution in [1.82, 2.24) is 0 Å². The summed E-state index contributed by atoms with van der Waals surface area (Å²) in [6, 6.07) is 26.2. The van der Waals surface area contributed by atoms with Gasteiger partial charge in [-0.3, -0.25) is 9.59 Å². The molecule has 0 bridgehead atoms. The van der Waals surface area contributed by atoms with Gasteiger partial charge in [-0.25, -0.2) is 0 Å². The SMILES string of the molecule is O=C(c1ccccc1)[C@@H]1O[C@@H]1c1ccc([C@@H]2O[C@H]2C(=O)c2ccccc2)cc1. The summed E-state index contributed by atoms with van der Waals surface area (Å²) in [7, 11) is 0. The first kappa shape index (κ1) is 17.0. The van der Waals surface area contributed by atoms with Crippen LogP contribution < -0.4 is 0 Å². The summed E-state index contributed by atoms with van der Waals surface area (Å²) in [5.41, 5.74) is 3.26. The minimum Gasteiger partial charge on any atom is -0.356 e. The van der Waals surface area contributed by atoms with Gasteiger partial charge in [0.05, 0.1) is 0 Å². The zero-order valence-corrected chi connectivity index (χ0v) is 15.0. The van der Waals surface area contributed by atoms with Crippen molar-refractivity contribution < 1.29 is 19.1 Å². The number of ketones is 2. The number of carbonyl (C=O) groups excluding carboxylic acids is 2. The molecule has 3 aromatic carbocycles. The van der Waals surface area contributed by atoms with E-state index in [9.17, 15) is 9.59 Å². The van der Waals surface area contributed by atoms with Crippen molar-refractivity contribution in [1.29, 1.82) is 0 Å². The van der Waals surface area contributed by atoms with Crippen LogP contribution in [0.3, 0.4) is 0 Å². The Morgan fingerprint density at radius 2 is 0.893 bits per heavy atom. The van der Waals surface area contributed by atoms with Gasteiger partial charge >= 0.3 is 0 Å². The van der Waals surface area contributed by atoms with Crippen LogP contribution in [0.4, 0.5) is 0 Å². The Morgan fingerprint density at radius 1 is 0.536 bits per heavy atom. The van der Waals surface area contributed by atoms with Gasteiger partial charge in [0.1, 0.15) is 12.2 Å². The molecular formula is C24H18O4. The van der Waals surface area contributed by atoms with E-state index in [4.69, 9.17) is 9.47 Å². The molecule has 0 unspecified atom stereocenters. The Morgan fingerprint density at radius 3 is 1.25 bits per heavy atom. The fraction of sp³-hybridized carbons (Fsp3) is 0.167. The van der Waals surface area contributed by atoms with E-state index in [0.717, 1.165) is 11.1 Å². The molecule has 4 nitrogen and oxygen atoms in total. The Kier molecular flexibility index (Phi) is 4.15. The second-order valence-corrected chi connectivity index (χ2v) is 7.08. The molecule has 28 heavy (non-hydrogen) atoms. The maximum atomic E-state index is 12.4. The molecule has 0 aromatic heterocycles. The molecule has 0 N–H and O–H groups in total. The molecule has 5 rings (SSSR count). The molecule has 2 aliphatic heterocycles. The van der Waals surface area contributed by atoms with Crippen molar-refractivity contribution in [2.45, 2.75) is 24.4 Å². The van der Waals surface area contributed by atoms with Gasteiger partial charge in [-0.05, 0) is 11.1 Å². The van der Waals surface area contributed by atoms with Gasteiger partial charge < -0.3 is 9.47 Å². The van der Waals surface area contributed by atoms with E-state index in [1.54, 1.807) is 24.3 Å². The molecule has 0 aliphatic carbocycles. The van der Waals surface area contributed by atoms with Gasteiger partial charge in [-0.15, -0.1) is 0 Å². The summed E-state index contributed by atoms with van der Waals surface area (Å²) in [6.07, 6.45) is -1.25. The van der Waals surface area contributed by atoms with Gasteiger partial charge in [0.25, 0.3) is 0 Å². The average molecular weight is 370 g/mol. The third-order valence-corrected chi connectivity index (χ3v) is 5.21. The molecule has 2 aliphatic rings. The van der Waals surface area contributed by atoms with Crippen LogP contribution in [0.15, 0.2) is 84.9 Å². The number of carbonyl (C=O) groups is 2. The van der Waals surface area contributed by atoms with E-state index in [0.29, 0.717) is 11.1 Å². The average Bonchev–Trinajstić information content (AvgIpc) is 3.68. The standard InChI is InChI=1S/C24H18O4/c25-19(15-7-3-1-4-8-15)23-21(27-23)17-11-13-18(14-12-17)22-24(28-22)20(26)16-9-5-2-6-10-16/h1-14,21-24H/t21-,22+,23-,24-/m0/s1. The van der Waals surface area contributed by atoms with Crippen molar-refractivity contribution in [3.05, 3.63) is 107 Å². The monoisotopic (exact) mass is 370 g/mol. The van der Waals surface area contributed by atoms with Crippen molar-refractivity contribution in [3.63, 3.8) is 0 Å². The summed E-state index contributed by atoms with van der Waals surface area (Å²) in [5.74, 6) is 0.0162. The van der Waals surface area contributed by atoms with Crippen molar-refractivity contribution in [2.24, 2.45) is 0 Å². The molecule has 0 radical (unpaired) electrons. The summed E-state index contributed by atoms with van der Waals surface area (Å²) in [5, 5.41) is 0. The number of Topliss-reactive ketones (excluding diaryl/α,β-unsaturated/α-hetero) is 2. The van der Waals surface area contributed by atoms with E-state index in [1.165, 1.54) is 0 Å². The molecule has 138 valence electrons. The molecule has 0 amide bonds. The minimum absolute atomic E-state index is 0.00808. The van der Waals surface area contributed by atoms with Crippen LogP contribution in [0, 0.1) is 0 Å². The Labute approximate surface area is 162 Å². The Balaban J connectivity index is 1.23. The highest BCUT2D eigenvalue weighted by atomic mass is 16.6. The van der Waals surface area contributed by atoms with Crippen LogP contribution in [-0.4, -0.2) is 23.8 Å². The maximum Gasteiger partial charge on any atom is 0.194 e. The third-order valence-electron chi connectivity index (χ3n) is 5.21. The Bertz CT molecular complexity index is 927. The summed E-state index contributed by atoms with van der Waals surface area (Å²) in [6.45, 7) is 0. The molecule has 4 heteroatoms. The van der Waals surface area contributed by atoms with Gasteiger partial charge in [0.2, 0.25) is 0 Å². The highest BCUT2D eigenvalue weighted by molar-refractivity contribution is 6.02. The second kappa shape index (κ2) is 6.82. The minimum atomic E-state index is -0.419. The topological polar surface area (TPSA) is 59.2 Å². The molecular weight excluding hydrogens is 352 g/mol. The fourth-order valence-corrected chi connectivity index (χ4v) is 3.54. The lowest BCUT2D eigenvalue weighted by molar-refractivity contribution is 0.0947. The lowest BCUT2D eigenvalue weighted by atomic mass is 9.99. The van der Waals surface area contributed by atoms with Crippen molar-refractivity contribution in [3.8, 4) is 0 Å². The molecule has 2 saturated heterocycles. The predicted octanol–water partition coefficient (Wildman–Crippen LogP) is 4.33. The van der Waals surface area contributed by atoms with E-state index in [2.05, 4.69) is 0 Å². The maximum absolute atomic E-state index is 12.4. The molecule has 4 atom stereocenters. The highest BCUT2D eigenvalue weighted by Crippen LogP contribution is 2.44. The zero-order valence-electron chi connectivity index (χ0n) is 15.0. The number of ether oxygens (including phenoxy) is 2. The van der Waals surface area contributed by atoms with Crippen molar-refractivity contribution >= 4 is 11.6 Å². The third kappa shape index (κ3) is 3.17. The number of rotatable bonds is 6. The number of hydrogen-bond acceptors (Lipinski definition) is 4. The van der Waals surface area contributed by atoms with Crippen LogP contribution in [0.5, 0.6) is 0 Å². The van der Waals surface area contributed by atoms with Crippen molar-refractivity contribution in [2.75, 3.05) is 0 Å².